The molecule has 2 atom stereocenters. The molecule has 1 heterocycles. The van der Waals surface area contributed by atoms with Gasteiger partial charge in [-0.25, -0.2) is 0 Å². The van der Waals surface area contributed by atoms with Gasteiger partial charge >= 0.3 is 0 Å². The summed E-state index contributed by atoms with van der Waals surface area (Å²) in [7, 11) is 0. The van der Waals surface area contributed by atoms with E-state index in [9.17, 15) is 0 Å². The fraction of sp³-hybridized carbons (Fsp3) is 0.600. The molecule has 0 aromatic heterocycles. The van der Waals surface area contributed by atoms with Crippen LogP contribution < -0.4 is 10.1 Å². The summed E-state index contributed by atoms with van der Waals surface area (Å²) in [6.45, 7) is 4.61. The zero-order valence-electron chi connectivity index (χ0n) is 12.0. The van der Waals surface area contributed by atoms with Gasteiger partial charge in [-0.3, -0.25) is 0 Å². The Kier molecular flexibility index (Phi) is 7.10. The van der Waals surface area contributed by atoms with Crippen molar-refractivity contribution in [2.24, 2.45) is 0 Å². The normalized spacial score (nSPS) is 21.7. The van der Waals surface area contributed by atoms with Gasteiger partial charge in [0.1, 0.15) is 12.4 Å². The van der Waals surface area contributed by atoms with Crippen LogP contribution in [0.1, 0.15) is 26.2 Å². The highest BCUT2D eigenvalue weighted by atomic mass is 79.9. The topological polar surface area (TPSA) is 30.5 Å². The second kappa shape index (κ2) is 8.59. The lowest BCUT2D eigenvalue weighted by molar-refractivity contribution is 0.0187. The summed E-state index contributed by atoms with van der Waals surface area (Å²) in [4.78, 5) is 0. The zero-order valence-corrected chi connectivity index (χ0v) is 15.1. The van der Waals surface area contributed by atoms with E-state index in [4.69, 9.17) is 32.7 Å². The summed E-state index contributed by atoms with van der Waals surface area (Å²) < 4.78 is 12.5. The predicted octanol–water partition coefficient (Wildman–Crippen LogP) is 4.68. The summed E-state index contributed by atoms with van der Waals surface area (Å²) in [5.74, 6) is 0.598. The van der Waals surface area contributed by atoms with E-state index in [2.05, 4.69) is 28.2 Å². The molecule has 1 aliphatic rings. The summed E-state index contributed by atoms with van der Waals surface area (Å²) in [6.07, 6.45) is 3.63. The Morgan fingerprint density at radius 3 is 2.81 bits per heavy atom. The largest absolute Gasteiger partial charge is 0.489 e. The molecule has 1 saturated heterocycles. The Morgan fingerprint density at radius 2 is 2.05 bits per heavy atom. The molecule has 6 heteroatoms. The fourth-order valence-corrected chi connectivity index (χ4v) is 3.14. The standard InChI is InChI=1S/C15H20BrCl2NO2/c1-2-5-19-8-10-3-4-11(21-10)9-20-15-7-13(17)12(16)6-14(15)18/h6-7,10-11,19H,2-5,8-9H2,1H3. The van der Waals surface area contributed by atoms with E-state index in [1.165, 1.54) is 0 Å². The number of rotatable bonds is 7. The third-order valence-electron chi connectivity index (χ3n) is 3.39. The highest BCUT2D eigenvalue weighted by molar-refractivity contribution is 9.10. The quantitative estimate of drug-likeness (QED) is 0.536. The molecular formula is C15H20BrCl2NO2. The van der Waals surface area contributed by atoms with Gasteiger partial charge in [-0.1, -0.05) is 30.1 Å². The molecule has 0 spiro atoms. The van der Waals surface area contributed by atoms with Crippen LogP contribution in [-0.2, 0) is 4.74 Å². The molecule has 1 aromatic rings. The van der Waals surface area contributed by atoms with Crippen LogP contribution in [0, 0.1) is 0 Å². The first-order valence-corrected chi connectivity index (χ1v) is 8.78. The van der Waals surface area contributed by atoms with Crippen molar-refractivity contribution in [3.8, 4) is 5.75 Å². The first-order chi connectivity index (χ1) is 10.1. The maximum absolute atomic E-state index is 6.14. The van der Waals surface area contributed by atoms with Gasteiger partial charge in [0.15, 0.2) is 0 Å². The first kappa shape index (κ1) is 17.4. The second-order valence-corrected chi connectivity index (χ2v) is 6.84. The molecule has 118 valence electrons. The third kappa shape index (κ3) is 5.29. The lowest BCUT2D eigenvalue weighted by atomic mass is 10.2. The average molecular weight is 397 g/mol. The number of halogens is 3. The van der Waals surface area contributed by atoms with E-state index >= 15 is 0 Å². The van der Waals surface area contributed by atoms with Crippen molar-refractivity contribution >= 4 is 39.1 Å². The second-order valence-electron chi connectivity index (χ2n) is 5.17. The lowest BCUT2D eigenvalue weighted by Crippen LogP contribution is -2.28. The van der Waals surface area contributed by atoms with E-state index in [1.54, 1.807) is 12.1 Å². The maximum atomic E-state index is 6.14. The monoisotopic (exact) mass is 395 g/mol. The number of hydrogen-bond donors (Lipinski definition) is 1. The fourth-order valence-electron chi connectivity index (χ4n) is 2.29. The number of hydrogen-bond acceptors (Lipinski definition) is 3. The Hall–Kier alpha value is -0.0000000000000000763. The van der Waals surface area contributed by atoms with Crippen LogP contribution in [0.3, 0.4) is 0 Å². The van der Waals surface area contributed by atoms with Crippen molar-refractivity contribution in [3.63, 3.8) is 0 Å². The van der Waals surface area contributed by atoms with Crippen LogP contribution in [0.2, 0.25) is 10.0 Å². The highest BCUT2D eigenvalue weighted by Gasteiger charge is 2.25. The molecule has 2 rings (SSSR count). The molecule has 3 nitrogen and oxygen atoms in total. The minimum Gasteiger partial charge on any atom is -0.489 e. The van der Waals surface area contributed by atoms with E-state index in [0.29, 0.717) is 22.4 Å². The van der Waals surface area contributed by atoms with E-state index < -0.39 is 0 Å². The minimum atomic E-state index is 0.122. The van der Waals surface area contributed by atoms with Crippen LogP contribution in [0.15, 0.2) is 16.6 Å². The molecular weight excluding hydrogens is 377 g/mol. The Labute approximate surface area is 144 Å². The Balaban J connectivity index is 1.78. The van der Waals surface area contributed by atoms with Crippen molar-refractivity contribution in [1.29, 1.82) is 0 Å². The van der Waals surface area contributed by atoms with E-state index in [1.807, 2.05) is 0 Å². The summed E-state index contributed by atoms with van der Waals surface area (Å²) in [6, 6.07) is 3.47. The first-order valence-electron chi connectivity index (χ1n) is 7.23. The maximum Gasteiger partial charge on any atom is 0.139 e. The Morgan fingerprint density at radius 1 is 1.29 bits per heavy atom. The molecule has 1 aromatic carbocycles. The van der Waals surface area contributed by atoms with Crippen molar-refractivity contribution in [2.75, 3.05) is 19.7 Å². The molecule has 1 fully saturated rings. The van der Waals surface area contributed by atoms with E-state index in [-0.39, 0.29) is 12.2 Å². The van der Waals surface area contributed by atoms with Gasteiger partial charge in [-0.05, 0) is 47.8 Å². The van der Waals surface area contributed by atoms with Gasteiger partial charge in [0.2, 0.25) is 0 Å². The Bertz CT molecular complexity index is 473. The molecule has 0 aliphatic carbocycles. The zero-order chi connectivity index (χ0) is 15.2. The minimum absolute atomic E-state index is 0.122. The van der Waals surface area contributed by atoms with Crippen molar-refractivity contribution in [1.82, 2.24) is 5.32 Å². The molecule has 0 saturated carbocycles. The van der Waals surface area contributed by atoms with Gasteiger partial charge in [-0.2, -0.15) is 0 Å². The van der Waals surface area contributed by atoms with Gasteiger partial charge < -0.3 is 14.8 Å². The molecule has 2 unspecified atom stereocenters. The molecule has 0 amide bonds. The van der Waals surface area contributed by atoms with Crippen molar-refractivity contribution in [3.05, 3.63) is 26.7 Å². The molecule has 0 bridgehead atoms. The smallest absolute Gasteiger partial charge is 0.139 e. The van der Waals surface area contributed by atoms with E-state index in [0.717, 1.165) is 36.8 Å². The number of ether oxygens (including phenoxy) is 2. The van der Waals surface area contributed by atoms with Gasteiger partial charge in [0.05, 0.1) is 22.3 Å². The number of benzene rings is 1. The third-order valence-corrected chi connectivity index (χ3v) is 4.89. The lowest BCUT2D eigenvalue weighted by Gasteiger charge is -2.16. The SMILES string of the molecule is CCCNCC1CCC(COc2cc(Cl)c(Br)cc2Cl)O1. The predicted molar refractivity (Wildman–Crippen MR) is 90.7 cm³/mol. The molecule has 21 heavy (non-hydrogen) atoms. The molecule has 0 radical (unpaired) electrons. The molecule has 1 aliphatic heterocycles. The summed E-state index contributed by atoms with van der Waals surface area (Å²) in [5.41, 5.74) is 0. The highest BCUT2D eigenvalue weighted by Crippen LogP contribution is 2.34. The molecule has 1 N–H and O–H groups in total. The van der Waals surface area contributed by atoms with Crippen LogP contribution >= 0.6 is 39.1 Å². The number of nitrogens with one attached hydrogen (secondary N) is 1. The van der Waals surface area contributed by atoms with Crippen LogP contribution in [0.25, 0.3) is 0 Å². The van der Waals surface area contributed by atoms with Crippen LogP contribution in [-0.4, -0.2) is 31.9 Å². The average Bonchev–Trinajstić information content (AvgIpc) is 2.90. The summed E-state index contributed by atoms with van der Waals surface area (Å²) >= 11 is 15.5. The van der Waals surface area contributed by atoms with Gasteiger partial charge in [0.25, 0.3) is 0 Å². The van der Waals surface area contributed by atoms with Gasteiger partial charge in [-0.15, -0.1) is 0 Å². The van der Waals surface area contributed by atoms with Crippen LogP contribution in [0.5, 0.6) is 5.75 Å². The van der Waals surface area contributed by atoms with Crippen molar-refractivity contribution < 1.29 is 9.47 Å². The van der Waals surface area contributed by atoms with Crippen LogP contribution in [0.4, 0.5) is 0 Å². The van der Waals surface area contributed by atoms with Gasteiger partial charge in [0, 0.05) is 17.1 Å². The van der Waals surface area contributed by atoms with Crippen molar-refractivity contribution in [2.45, 2.75) is 38.4 Å². The summed E-state index contributed by atoms with van der Waals surface area (Å²) in [5, 5.41) is 4.52.